The number of aromatic nitrogens is 3. The Hall–Kier alpha value is -2.50. The van der Waals surface area contributed by atoms with Crippen molar-refractivity contribution in [3.63, 3.8) is 0 Å². The lowest BCUT2D eigenvalue weighted by atomic mass is 9.95. The molecule has 1 aliphatic carbocycles. The summed E-state index contributed by atoms with van der Waals surface area (Å²) in [5, 5.41) is 2.93. The number of hydrogen-bond acceptors (Lipinski definition) is 4. The molecule has 6 heteroatoms. The number of carbonyl (C=O) groups is 2. The Bertz CT molecular complexity index is 867. The minimum atomic E-state index is -0.168. The monoisotopic (exact) mass is 354 g/mol. The summed E-state index contributed by atoms with van der Waals surface area (Å²) in [6, 6.07) is 0. The Kier molecular flexibility index (Phi) is 5.20. The number of amides is 1. The number of hydrogen-bond donors (Lipinski definition) is 2. The molecule has 0 bridgehead atoms. The van der Waals surface area contributed by atoms with Gasteiger partial charge in [-0.15, -0.1) is 0 Å². The van der Waals surface area contributed by atoms with Crippen LogP contribution in [-0.4, -0.2) is 33.2 Å². The molecule has 2 aromatic rings. The van der Waals surface area contributed by atoms with Crippen molar-refractivity contribution >= 4 is 11.7 Å². The maximum Gasteiger partial charge on any atom is 0.253 e. The van der Waals surface area contributed by atoms with Gasteiger partial charge in [-0.3, -0.25) is 9.59 Å². The van der Waals surface area contributed by atoms with Gasteiger partial charge in [0, 0.05) is 37.0 Å². The van der Waals surface area contributed by atoms with E-state index in [0.29, 0.717) is 35.5 Å². The molecule has 6 nitrogen and oxygen atoms in total. The maximum atomic E-state index is 12.5. The molecular weight excluding hydrogens is 328 g/mol. The number of Topliss-reactive ketones (excluding diaryl/α,β-unsaturated/α-hetero) is 1. The SMILES string of the molecule is CC(=O)c1[nH]c(C)c(C(=O)NCCc2nc(C)c3c(n2)CCCC3)c1C. The highest BCUT2D eigenvalue weighted by atomic mass is 16.1. The van der Waals surface area contributed by atoms with E-state index in [0.717, 1.165) is 24.4 Å². The number of rotatable bonds is 5. The predicted octanol–water partition coefficient (Wildman–Crippen LogP) is 2.78. The van der Waals surface area contributed by atoms with Crippen molar-refractivity contribution in [3.8, 4) is 0 Å². The van der Waals surface area contributed by atoms with Crippen LogP contribution in [0.4, 0.5) is 0 Å². The van der Waals surface area contributed by atoms with Gasteiger partial charge in [-0.2, -0.15) is 0 Å². The van der Waals surface area contributed by atoms with Crippen LogP contribution in [0.2, 0.25) is 0 Å². The highest BCUT2D eigenvalue weighted by Gasteiger charge is 2.20. The number of carbonyl (C=O) groups excluding carboxylic acids is 2. The first-order valence-electron chi connectivity index (χ1n) is 9.22. The van der Waals surface area contributed by atoms with Crippen LogP contribution in [0, 0.1) is 20.8 Å². The zero-order valence-corrected chi connectivity index (χ0v) is 16.0. The highest BCUT2D eigenvalue weighted by Crippen LogP contribution is 2.22. The molecule has 0 radical (unpaired) electrons. The zero-order chi connectivity index (χ0) is 18.8. The largest absolute Gasteiger partial charge is 0.355 e. The second-order valence-electron chi connectivity index (χ2n) is 7.04. The molecular formula is C20H26N4O2. The van der Waals surface area contributed by atoms with Crippen LogP contribution >= 0.6 is 0 Å². The van der Waals surface area contributed by atoms with Crippen molar-refractivity contribution in [2.45, 2.75) is 59.8 Å². The van der Waals surface area contributed by atoms with Crippen molar-refractivity contribution < 1.29 is 9.59 Å². The summed E-state index contributed by atoms with van der Waals surface area (Å²) >= 11 is 0. The fourth-order valence-electron chi connectivity index (χ4n) is 3.78. The first-order chi connectivity index (χ1) is 12.4. The van der Waals surface area contributed by atoms with E-state index < -0.39 is 0 Å². The standard InChI is InChI=1S/C20H26N4O2/c1-11-18(13(3)23-19(11)14(4)25)20(26)21-10-9-17-22-12(2)15-7-5-6-8-16(15)24-17/h23H,5-10H2,1-4H3,(H,21,26). The molecule has 138 valence electrons. The molecule has 0 spiro atoms. The molecule has 26 heavy (non-hydrogen) atoms. The molecule has 0 saturated heterocycles. The summed E-state index contributed by atoms with van der Waals surface area (Å²) in [7, 11) is 0. The number of nitrogens with one attached hydrogen (secondary N) is 2. The van der Waals surface area contributed by atoms with E-state index in [1.807, 2.05) is 13.8 Å². The van der Waals surface area contributed by atoms with Crippen molar-refractivity contribution in [3.05, 3.63) is 45.3 Å². The van der Waals surface area contributed by atoms with Crippen LogP contribution < -0.4 is 5.32 Å². The van der Waals surface area contributed by atoms with Gasteiger partial charge in [0.05, 0.1) is 11.3 Å². The fraction of sp³-hybridized carbons (Fsp3) is 0.500. The molecule has 2 heterocycles. The molecule has 2 aromatic heterocycles. The first kappa shape index (κ1) is 18.3. The summed E-state index contributed by atoms with van der Waals surface area (Å²) in [6.45, 7) is 7.62. The Balaban J connectivity index is 1.66. The molecule has 0 saturated carbocycles. The van der Waals surface area contributed by atoms with Gasteiger partial charge in [0.2, 0.25) is 0 Å². The van der Waals surface area contributed by atoms with Crippen LogP contribution in [0.3, 0.4) is 0 Å². The van der Waals surface area contributed by atoms with Gasteiger partial charge in [0.1, 0.15) is 5.82 Å². The van der Waals surface area contributed by atoms with Crippen molar-refractivity contribution in [1.82, 2.24) is 20.3 Å². The van der Waals surface area contributed by atoms with Gasteiger partial charge >= 0.3 is 0 Å². The highest BCUT2D eigenvalue weighted by molar-refractivity contribution is 6.02. The number of aryl methyl sites for hydroxylation is 3. The summed E-state index contributed by atoms with van der Waals surface area (Å²) in [4.78, 5) is 36.5. The van der Waals surface area contributed by atoms with Crippen LogP contribution in [0.15, 0.2) is 0 Å². The lowest BCUT2D eigenvalue weighted by Crippen LogP contribution is -2.27. The van der Waals surface area contributed by atoms with Crippen LogP contribution in [0.25, 0.3) is 0 Å². The Morgan fingerprint density at radius 3 is 2.54 bits per heavy atom. The summed E-state index contributed by atoms with van der Waals surface area (Å²) in [6.07, 6.45) is 5.09. The third kappa shape index (κ3) is 3.54. The summed E-state index contributed by atoms with van der Waals surface area (Å²) < 4.78 is 0. The van der Waals surface area contributed by atoms with Gasteiger partial charge in [-0.1, -0.05) is 0 Å². The van der Waals surface area contributed by atoms with E-state index in [1.54, 1.807) is 6.92 Å². The molecule has 0 atom stereocenters. The minimum Gasteiger partial charge on any atom is -0.355 e. The quantitative estimate of drug-likeness (QED) is 0.808. The van der Waals surface area contributed by atoms with E-state index in [2.05, 4.69) is 15.3 Å². The van der Waals surface area contributed by atoms with Crippen LogP contribution in [-0.2, 0) is 19.3 Å². The molecule has 0 aromatic carbocycles. The fourth-order valence-corrected chi connectivity index (χ4v) is 3.78. The Labute approximate surface area is 153 Å². The Morgan fingerprint density at radius 2 is 1.85 bits per heavy atom. The molecule has 0 aliphatic heterocycles. The third-order valence-electron chi connectivity index (χ3n) is 5.09. The second-order valence-corrected chi connectivity index (χ2v) is 7.04. The second kappa shape index (κ2) is 7.40. The van der Waals surface area contributed by atoms with Crippen molar-refractivity contribution in [1.29, 1.82) is 0 Å². The smallest absolute Gasteiger partial charge is 0.253 e. The first-order valence-corrected chi connectivity index (χ1v) is 9.22. The summed E-state index contributed by atoms with van der Waals surface area (Å²) in [5.74, 6) is 0.552. The van der Waals surface area contributed by atoms with E-state index in [1.165, 1.54) is 31.0 Å². The average Bonchev–Trinajstić information content (AvgIpc) is 2.89. The van der Waals surface area contributed by atoms with E-state index in [9.17, 15) is 9.59 Å². The average molecular weight is 354 g/mol. The van der Waals surface area contributed by atoms with Gasteiger partial charge < -0.3 is 10.3 Å². The number of nitrogens with zero attached hydrogens (tertiary/aromatic N) is 2. The van der Waals surface area contributed by atoms with Crippen LogP contribution in [0.5, 0.6) is 0 Å². The number of fused-ring (bicyclic) bond motifs is 1. The van der Waals surface area contributed by atoms with Gasteiger partial charge in [-0.25, -0.2) is 9.97 Å². The van der Waals surface area contributed by atoms with Gasteiger partial charge in [-0.05, 0) is 57.6 Å². The number of aromatic amines is 1. The van der Waals surface area contributed by atoms with E-state index in [-0.39, 0.29) is 11.7 Å². The molecule has 1 amide bonds. The van der Waals surface area contributed by atoms with E-state index in [4.69, 9.17) is 4.98 Å². The molecule has 2 N–H and O–H groups in total. The van der Waals surface area contributed by atoms with Crippen LogP contribution in [0.1, 0.15) is 74.6 Å². The normalized spacial score (nSPS) is 13.4. The predicted molar refractivity (Wildman–Crippen MR) is 99.7 cm³/mol. The van der Waals surface area contributed by atoms with Crippen molar-refractivity contribution in [2.75, 3.05) is 6.54 Å². The van der Waals surface area contributed by atoms with Gasteiger partial charge in [0.25, 0.3) is 5.91 Å². The molecule has 0 unspecified atom stereocenters. The summed E-state index contributed by atoms with van der Waals surface area (Å²) in [5.41, 5.74) is 6.02. The number of ketones is 1. The lowest BCUT2D eigenvalue weighted by Gasteiger charge is -2.17. The number of H-pyrrole nitrogens is 1. The molecule has 3 rings (SSSR count). The molecule has 1 aliphatic rings. The Morgan fingerprint density at radius 1 is 1.12 bits per heavy atom. The van der Waals surface area contributed by atoms with Gasteiger partial charge in [0.15, 0.2) is 5.78 Å². The maximum absolute atomic E-state index is 12.5. The third-order valence-corrected chi connectivity index (χ3v) is 5.09. The topological polar surface area (TPSA) is 87.7 Å². The zero-order valence-electron chi connectivity index (χ0n) is 16.0. The molecule has 0 fully saturated rings. The van der Waals surface area contributed by atoms with E-state index >= 15 is 0 Å². The van der Waals surface area contributed by atoms with Crippen molar-refractivity contribution in [2.24, 2.45) is 0 Å². The lowest BCUT2D eigenvalue weighted by molar-refractivity contribution is 0.0952. The minimum absolute atomic E-state index is 0.0671.